The van der Waals surface area contributed by atoms with Crippen molar-refractivity contribution in [2.45, 2.75) is 44.9 Å². The summed E-state index contributed by atoms with van der Waals surface area (Å²) in [6.07, 6.45) is 2.29. The normalized spacial score (nSPS) is 24.4. The van der Waals surface area contributed by atoms with Gasteiger partial charge in [0.2, 0.25) is 0 Å². The smallest absolute Gasteiger partial charge is 0.258 e. The Labute approximate surface area is 163 Å². The van der Waals surface area contributed by atoms with Crippen LogP contribution in [0.4, 0.5) is 10.1 Å². The molecule has 2 bridgehead atoms. The van der Waals surface area contributed by atoms with Crippen LogP contribution in [0.1, 0.15) is 61.3 Å². The second-order valence-corrected chi connectivity index (χ2v) is 8.74. The number of rotatable bonds is 2. The Balaban J connectivity index is 1.53. The first kappa shape index (κ1) is 17.3. The molecule has 2 aromatic carbocycles. The first-order chi connectivity index (χ1) is 13.3. The van der Waals surface area contributed by atoms with Crippen LogP contribution < -0.4 is 5.32 Å². The van der Waals surface area contributed by atoms with Gasteiger partial charge in [-0.15, -0.1) is 0 Å². The van der Waals surface area contributed by atoms with Gasteiger partial charge in [0, 0.05) is 17.0 Å². The molecule has 1 fully saturated rings. The summed E-state index contributed by atoms with van der Waals surface area (Å²) in [5, 5.41) is 2.77. The quantitative estimate of drug-likeness (QED) is 0.670. The SMILES string of the molecule is CC12CCC(c3nc4cc(NC(=O)c5ccccc5F)ccc4nc31)C2(C)C. The van der Waals surface area contributed by atoms with Crippen LogP contribution in [0.25, 0.3) is 11.0 Å². The van der Waals surface area contributed by atoms with Gasteiger partial charge < -0.3 is 5.32 Å². The first-order valence-corrected chi connectivity index (χ1v) is 9.69. The molecule has 3 aromatic rings. The molecule has 2 aliphatic rings. The lowest BCUT2D eigenvalue weighted by Crippen LogP contribution is -2.31. The third-order valence-corrected chi connectivity index (χ3v) is 7.15. The maximum atomic E-state index is 13.9. The average Bonchev–Trinajstić information content (AvgIpc) is 2.99. The van der Waals surface area contributed by atoms with Gasteiger partial charge in [-0.25, -0.2) is 14.4 Å². The van der Waals surface area contributed by atoms with Crippen LogP contribution >= 0.6 is 0 Å². The molecule has 1 aromatic heterocycles. The highest BCUT2D eigenvalue weighted by molar-refractivity contribution is 6.05. The summed E-state index contributed by atoms with van der Waals surface area (Å²) >= 11 is 0. The molecule has 2 aliphatic carbocycles. The largest absolute Gasteiger partial charge is 0.322 e. The maximum absolute atomic E-state index is 13.9. The summed E-state index contributed by atoms with van der Waals surface area (Å²) in [4.78, 5) is 22.3. The molecule has 5 rings (SSSR count). The molecule has 0 saturated heterocycles. The standard InChI is InChI=1S/C23H22FN3O/c1-22(2)15-10-11-23(22,3)20-19(15)26-18-12-13(8-9-17(18)27-20)25-21(28)14-6-4-5-7-16(14)24/h4-9,12,15H,10-11H2,1-3H3,(H,25,28). The van der Waals surface area contributed by atoms with E-state index in [1.165, 1.54) is 12.1 Å². The van der Waals surface area contributed by atoms with Crippen molar-refractivity contribution in [3.05, 3.63) is 65.2 Å². The van der Waals surface area contributed by atoms with Crippen LogP contribution in [0.5, 0.6) is 0 Å². The van der Waals surface area contributed by atoms with Crippen molar-refractivity contribution in [2.75, 3.05) is 5.32 Å². The third kappa shape index (κ3) is 2.19. The van der Waals surface area contributed by atoms with Gasteiger partial charge in [0.15, 0.2) is 0 Å². The number of aromatic nitrogens is 2. The highest BCUT2D eigenvalue weighted by Crippen LogP contribution is 2.66. The van der Waals surface area contributed by atoms with Crippen molar-refractivity contribution in [3.8, 4) is 0 Å². The summed E-state index contributed by atoms with van der Waals surface area (Å²) in [6.45, 7) is 6.94. The van der Waals surface area contributed by atoms with Crippen molar-refractivity contribution in [1.82, 2.24) is 9.97 Å². The molecule has 1 N–H and O–H groups in total. The highest BCUT2D eigenvalue weighted by Gasteiger charge is 2.61. The molecular formula is C23H22FN3O. The Morgan fingerprint density at radius 3 is 2.68 bits per heavy atom. The second kappa shape index (κ2) is 5.60. The maximum Gasteiger partial charge on any atom is 0.258 e. The lowest BCUT2D eigenvalue weighted by molar-refractivity contribution is 0.102. The van der Waals surface area contributed by atoms with E-state index in [0.717, 1.165) is 35.3 Å². The third-order valence-electron chi connectivity index (χ3n) is 7.15. The molecule has 5 heteroatoms. The van der Waals surface area contributed by atoms with E-state index in [0.29, 0.717) is 11.6 Å². The molecule has 1 saturated carbocycles. The molecule has 2 unspecified atom stereocenters. The molecule has 0 spiro atoms. The molecule has 28 heavy (non-hydrogen) atoms. The van der Waals surface area contributed by atoms with E-state index in [1.54, 1.807) is 18.2 Å². The van der Waals surface area contributed by atoms with Crippen LogP contribution in [0.3, 0.4) is 0 Å². The van der Waals surface area contributed by atoms with Gasteiger partial charge in [0.1, 0.15) is 5.82 Å². The Morgan fingerprint density at radius 2 is 1.89 bits per heavy atom. The minimum atomic E-state index is -0.537. The van der Waals surface area contributed by atoms with E-state index in [4.69, 9.17) is 9.97 Å². The fourth-order valence-electron chi connectivity index (χ4n) is 5.04. The summed E-state index contributed by atoms with van der Waals surface area (Å²) < 4.78 is 13.9. The van der Waals surface area contributed by atoms with Gasteiger partial charge in [-0.1, -0.05) is 32.9 Å². The van der Waals surface area contributed by atoms with E-state index < -0.39 is 11.7 Å². The minimum Gasteiger partial charge on any atom is -0.322 e. The zero-order valence-electron chi connectivity index (χ0n) is 16.2. The number of amides is 1. The van der Waals surface area contributed by atoms with Crippen molar-refractivity contribution in [1.29, 1.82) is 0 Å². The van der Waals surface area contributed by atoms with Gasteiger partial charge in [0.05, 0.1) is 28.0 Å². The number of carbonyl (C=O) groups excluding carboxylic acids is 1. The second-order valence-electron chi connectivity index (χ2n) is 8.74. The van der Waals surface area contributed by atoms with E-state index in [9.17, 15) is 9.18 Å². The van der Waals surface area contributed by atoms with Crippen molar-refractivity contribution in [2.24, 2.45) is 5.41 Å². The highest BCUT2D eigenvalue weighted by atomic mass is 19.1. The predicted octanol–water partition coefficient (Wildman–Crippen LogP) is 5.20. The molecule has 0 radical (unpaired) electrons. The van der Waals surface area contributed by atoms with Gasteiger partial charge in [0.25, 0.3) is 5.91 Å². The number of halogens is 1. The van der Waals surface area contributed by atoms with Crippen LogP contribution in [0.15, 0.2) is 42.5 Å². The summed E-state index contributed by atoms with van der Waals surface area (Å²) in [5.74, 6) is -0.592. The lowest BCUT2D eigenvalue weighted by atomic mass is 9.70. The molecule has 1 amide bonds. The minimum absolute atomic E-state index is 0.0228. The fourth-order valence-corrected chi connectivity index (χ4v) is 5.04. The molecule has 0 aliphatic heterocycles. The lowest BCUT2D eigenvalue weighted by Gasteiger charge is -2.34. The van der Waals surface area contributed by atoms with Gasteiger partial charge >= 0.3 is 0 Å². The topological polar surface area (TPSA) is 54.9 Å². The number of nitrogens with zero attached hydrogens (tertiary/aromatic N) is 2. The molecule has 2 atom stereocenters. The van der Waals surface area contributed by atoms with Crippen molar-refractivity contribution < 1.29 is 9.18 Å². The van der Waals surface area contributed by atoms with E-state index in [2.05, 4.69) is 26.1 Å². The van der Waals surface area contributed by atoms with Gasteiger partial charge in [-0.3, -0.25) is 4.79 Å². The van der Waals surface area contributed by atoms with E-state index in [1.807, 2.05) is 12.1 Å². The first-order valence-electron chi connectivity index (χ1n) is 9.69. The van der Waals surface area contributed by atoms with Crippen LogP contribution in [-0.2, 0) is 5.41 Å². The molecule has 1 heterocycles. The fraction of sp³-hybridized carbons (Fsp3) is 0.348. The van der Waals surface area contributed by atoms with Crippen molar-refractivity contribution >= 4 is 22.6 Å². The number of anilines is 1. The van der Waals surface area contributed by atoms with E-state index >= 15 is 0 Å². The van der Waals surface area contributed by atoms with Crippen LogP contribution in [0, 0.1) is 11.2 Å². The Kier molecular flexibility index (Phi) is 3.46. The van der Waals surface area contributed by atoms with Crippen molar-refractivity contribution in [3.63, 3.8) is 0 Å². The Bertz CT molecular complexity index is 1140. The predicted molar refractivity (Wildman–Crippen MR) is 107 cm³/mol. The molecule has 4 nitrogen and oxygen atoms in total. The number of fused-ring (bicyclic) bond motifs is 6. The summed E-state index contributed by atoms with van der Waals surface area (Å²) in [7, 11) is 0. The number of hydrogen-bond acceptors (Lipinski definition) is 3. The molecule has 142 valence electrons. The number of benzene rings is 2. The number of carbonyl (C=O) groups is 1. The average molecular weight is 375 g/mol. The van der Waals surface area contributed by atoms with Crippen LogP contribution in [-0.4, -0.2) is 15.9 Å². The number of hydrogen-bond donors (Lipinski definition) is 1. The van der Waals surface area contributed by atoms with Crippen LogP contribution in [0.2, 0.25) is 0 Å². The Morgan fingerprint density at radius 1 is 1.11 bits per heavy atom. The van der Waals surface area contributed by atoms with Gasteiger partial charge in [-0.05, 0) is 48.6 Å². The zero-order chi connectivity index (χ0) is 19.7. The number of nitrogens with one attached hydrogen (secondary N) is 1. The summed E-state index contributed by atoms with van der Waals surface area (Å²) in [5.41, 5.74) is 4.64. The summed E-state index contributed by atoms with van der Waals surface area (Å²) in [6, 6.07) is 11.4. The monoisotopic (exact) mass is 375 g/mol. The van der Waals surface area contributed by atoms with Gasteiger partial charge in [-0.2, -0.15) is 0 Å². The van der Waals surface area contributed by atoms with E-state index in [-0.39, 0.29) is 16.4 Å². The molecular weight excluding hydrogens is 353 g/mol. The Hall–Kier alpha value is -2.82. The zero-order valence-corrected chi connectivity index (χ0v) is 16.2.